The van der Waals surface area contributed by atoms with E-state index in [1.165, 1.54) is 11.3 Å². The minimum absolute atomic E-state index is 0.0909. The number of ketones is 1. The van der Waals surface area contributed by atoms with E-state index in [0.29, 0.717) is 13.2 Å². The summed E-state index contributed by atoms with van der Waals surface area (Å²) < 4.78 is 4.91. The van der Waals surface area contributed by atoms with E-state index in [-0.39, 0.29) is 5.78 Å². The number of methoxy groups -OCH3 is 1. The second-order valence-corrected chi connectivity index (χ2v) is 4.33. The van der Waals surface area contributed by atoms with Crippen molar-refractivity contribution < 1.29 is 9.53 Å². The van der Waals surface area contributed by atoms with Crippen LogP contribution in [0.15, 0.2) is 0 Å². The van der Waals surface area contributed by atoms with Crippen LogP contribution in [0.25, 0.3) is 0 Å². The van der Waals surface area contributed by atoms with Crippen LogP contribution in [-0.4, -0.2) is 31.0 Å². The SMILES string of the molecule is COCCNCc1nc(C)c(C(C)=O)s1. The van der Waals surface area contributed by atoms with Crippen molar-refractivity contribution in [2.24, 2.45) is 0 Å². The molecule has 0 saturated heterocycles. The van der Waals surface area contributed by atoms with Crippen molar-refractivity contribution in [3.8, 4) is 0 Å². The molecule has 84 valence electrons. The number of aryl methyl sites for hydroxylation is 1. The van der Waals surface area contributed by atoms with Gasteiger partial charge in [-0.1, -0.05) is 0 Å². The number of carbonyl (C=O) groups is 1. The molecule has 15 heavy (non-hydrogen) atoms. The second-order valence-electron chi connectivity index (χ2n) is 3.25. The summed E-state index contributed by atoms with van der Waals surface area (Å²) in [7, 11) is 1.67. The van der Waals surface area contributed by atoms with Crippen LogP contribution in [0.4, 0.5) is 0 Å². The maximum absolute atomic E-state index is 11.2. The molecule has 0 aromatic carbocycles. The van der Waals surface area contributed by atoms with Crippen LogP contribution in [0.5, 0.6) is 0 Å². The minimum atomic E-state index is 0.0909. The third kappa shape index (κ3) is 3.70. The van der Waals surface area contributed by atoms with Crippen LogP contribution in [-0.2, 0) is 11.3 Å². The largest absolute Gasteiger partial charge is 0.383 e. The number of carbonyl (C=O) groups excluding carboxylic acids is 1. The van der Waals surface area contributed by atoms with Crippen molar-refractivity contribution >= 4 is 17.1 Å². The van der Waals surface area contributed by atoms with Crippen molar-refractivity contribution in [3.05, 3.63) is 15.6 Å². The molecule has 0 aliphatic heterocycles. The molecule has 0 spiro atoms. The highest BCUT2D eigenvalue weighted by molar-refractivity contribution is 7.13. The molecule has 0 saturated carbocycles. The van der Waals surface area contributed by atoms with Gasteiger partial charge in [0.2, 0.25) is 0 Å². The van der Waals surface area contributed by atoms with E-state index in [1.54, 1.807) is 14.0 Å². The van der Waals surface area contributed by atoms with Gasteiger partial charge in [0.15, 0.2) is 5.78 Å². The van der Waals surface area contributed by atoms with Gasteiger partial charge in [0.25, 0.3) is 0 Å². The number of Topliss-reactive ketones (excluding diaryl/α,β-unsaturated/α-hetero) is 1. The van der Waals surface area contributed by atoms with Crippen LogP contribution < -0.4 is 5.32 Å². The van der Waals surface area contributed by atoms with Crippen molar-refractivity contribution in [1.82, 2.24) is 10.3 Å². The van der Waals surface area contributed by atoms with E-state index in [9.17, 15) is 4.79 Å². The Kier molecular flexibility index (Phi) is 4.87. The first-order valence-corrected chi connectivity index (χ1v) is 5.63. The molecule has 0 radical (unpaired) electrons. The fourth-order valence-electron chi connectivity index (χ4n) is 1.22. The zero-order valence-corrected chi connectivity index (χ0v) is 10.1. The first kappa shape index (κ1) is 12.3. The summed E-state index contributed by atoms with van der Waals surface area (Å²) in [5, 5.41) is 4.15. The van der Waals surface area contributed by atoms with Crippen LogP contribution >= 0.6 is 11.3 Å². The van der Waals surface area contributed by atoms with Gasteiger partial charge in [-0.3, -0.25) is 4.79 Å². The number of nitrogens with one attached hydrogen (secondary N) is 1. The average molecular weight is 228 g/mol. The number of nitrogens with zero attached hydrogens (tertiary/aromatic N) is 1. The molecular weight excluding hydrogens is 212 g/mol. The summed E-state index contributed by atoms with van der Waals surface area (Å²) in [6.45, 7) is 5.62. The molecule has 1 rings (SSSR count). The molecule has 5 heteroatoms. The molecule has 1 aromatic heterocycles. The summed E-state index contributed by atoms with van der Waals surface area (Å²) >= 11 is 1.46. The molecule has 1 aromatic rings. The fourth-order valence-corrected chi connectivity index (χ4v) is 2.15. The number of hydrogen-bond donors (Lipinski definition) is 1. The number of aromatic nitrogens is 1. The number of hydrogen-bond acceptors (Lipinski definition) is 5. The summed E-state index contributed by atoms with van der Waals surface area (Å²) in [5.74, 6) is 0.0909. The van der Waals surface area contributed by atoms with Crippen molar-refractivity contribution in [2.45, 2.75) is 20.4 Å². The lowest BCUT2D eigenvalue weighted by Crippen LogP contribution is -2.18. The molecule has 0 aliphatic rings. The normalized spacial score (nSPS) is 10.6. The number of thiazole rings is 1. The molecule has 0 atom stereocenters. The molecule has 0 bridgehead atoms. The van der Waals surface area contributed by atoms with Gasteiger partial charge in [-0.25, -0.2) is 4.98 Å². The van der Waals surface area contributed by atoms with Crippen LogP contribution in [0.3, 0.4) is 0 Å². The molecular formula is C10H16N2O2S. The zero-order chi connectivity index (χ0) is 11.3. The first-order valence-electron chi connectivity index (χ1n) is 4.82. The van der Waals surface area contributed by atoms with Gasteiger partial charge in [0.05, 0.1) is 17.2 Å². The van der Waals surface area contributed by atoms with Crippen LogP contribution in [0.1, 0.15) is 27.3 Å². The Morgan fingerprint density at radius 1 is 1.60 bits per heavy atom. The number of ether oxygens (including phenoxy) is 1. The third-order valence-corrected chi connectivity index (χ3v) is 3.18. The van der Waals surface area contributed by atoms with Gasteiger partial charge in [0, 0.05) is 27.1 Å². The van der Waals surface area contributed by atoms with Gasteiger partial charge in [0.1, 0.15) is 5.01 Å². The molecule has 0 fully saturated rings. The van der Waals surface area contributed by atoms with Gasteiger partial charge in [-0.2, -0.15) is 0 Å². The van der Waals surface area contributed by atoms with Crippen LogP contribution in [0, 0.1) is 6.92 Å². The second kappa shape index (κ2) is 5.95. The smallest absolute Gasteiger partial charge is 0.171 e. The lowest BCUT2D eigenvalue weighted by molar-refractivity contribution is 0.102. The molecule has 1 heterocycles. The Balaban J connectivity index is 2.48. The maximum atomic E-state index is 11.2. The molecule has 0 aliphatic carbocycles. The average Bonchev–Trinajstić information content (AvgIpc) is 2.55. The molecule has 4 nitrogen and oxygen atoms in total. The lowest BCUT2D eigenvalue weighted by atomic mass is 10.3. The fraction of sp³-hybridized carbons (Fsp3) is 0.600. The van der Waals surface area contributed by atoms with Crippen molar-refractivity contribution in [1.29, 1.82) is 0 Å². The van der Waals surface area contributed by atoms with E-state index in [0.717, 1.165) is 22.1 Å². The number of rotatable bonds is 6. The van der Waals surface area contributed by atoms with Crippen molar-refractivity contribution in [3.63, 3.8) is 0 Å². The van der Waals surface area contributed by atoms with Crippen molar-refractivity contribution in [2.75, 3.05) is 20.3 Å². The first-order chi connectivity index (χ1) is 7.15. The Morgan fingerprint density at radius 3 is 2.87 bits per heavy atom. The standard InChI is InChI=1S/C10H16N2O2S/c1-7-10(8(2)13)15-9(12-7)6-11-4-5-14-3/h11H,4-6H2,1-3H3. The highest BCUT2D eigenvalue weighted by atomic mass is 32.1. The topological polar surface area (TPSA) is 51.2 Å². The van der Waals surface area contributed by atoms with Gasteiger partial charge < -0.3 is 10.1 Å². The highest BCUT2D eigenvalue weighted by Gasteiger charge is 2.10. The monoisotopic (exact) mass is 228 g/mol. The van der Waals surface area contributed by atoms with Gasteiger partial charge in [-0.15, -0.1) is 11.3 Å². The molecule has 1 N–H and O–H groups in total. The molecule has 0 amide bonds. The van der Waals surface area contributed by atoms with E-state index in [1.807, 2.05) is 6.92 Å². The third-order valence-electron chi connectivity index (χ3n) is 1.92. The lowest BCUT2D eigenvalue weighted by Gasteiger charge is -1.99. The zero-order valence-electron chi connectivity index (χ0n) is 9.29. The molecule has 0 unspecified atom stereocenters. The van der Waals surface area contributed by atoms with Crippen LogP contribution in [0.2, 0.25) is 0 Å². The Bertz CT molecular complexity index is 336. The highest BCUT2D eigenvalue weighted by Crippen LogP contribution is 2.18. The predicted octanol–water partition coefficient (Wildman–Crippen LogP) is 1.39. The van der Waals surface area contributed by atoms with Gasteiger partial charge in [-0.05, 0) is 6.92 Å². The summed E-state index contributed by atoms with van der Waals surface area (Å²) in [5.41, 5.74) is 0.830. The minimum Gasteiger partial charge on any atom is -0.383 e. The summed E-state index contributed by atoms with van der Waals surface area (Å²) in [6.07, 6.45) is 0. The Morgan fingerprint density at radius 2 is 2.33 bits per heavy atom. The van der Waals surface area contributed by atoms with E-state index < -0.39 is 0 Å². The summed E-state index contributed by atoms with van der Waals surface area (Å²) in [4.78, 5) is 16.3. The Hall–Kier alpha value is -0.780. The van der Waals surface area contributed by atoms with E-state index in [4.69, 9.17) is 4.74 Å². The summed E-state index contributed by atoms with van der Waals surface area (Å²) in [6, 6.07) is 0. The maximum Gasteiger partial charge on any atom is 0.171 e. The quantitative estimate of drug-likeness (QED) is 0.590. The predicted molar refractivity (Wildman–Crippen MR) is 60.4 cm³/mol. The Labute approximate surface area is 93.7 Å². The van der Waals surface area contributed by atoms with E-state index in [2.05, 4.69) is 10.3 Å². The van der Waals surface area contributed by atoms with E-state index >= 15 is 0 Å². The van der Waals surface area contributed by atoms with Gasteiger partial charge >= 0.3 is 0 Å².